The summed E-state index contributed by atoms with van der Waals surface area (Å²) < 4.78 is 30.0. The first-order valence-corrected chi connectivity index (χ1v) is 19.8. The van der Waals surface area contributed by atoms with Crippen LogP contribution in [0.4, 0.5) is 8.78 Å². The molecule has 0 spiro atoms. The molecule has 51 heavy (non-hydrogen) atoms. The fourth-order valence-corrected chi connectivity index (χ4v) is 9.77. The fraction of sp³-hybridized carbons (Fsp3) is 0.476. The van der Waals surface area contributed by atoms with Gasteiger partial charge in [-0.25, -0.2) is 13.5 Å². The molecule has 7 rings (SSSR count). The molecular weight excluding hydrogens is 682 g/mol. The molecule has 4 heterocycles. The third-order valence-electron chi connectivity index (χ3n) is 11.9. The molecule has 1 aromatic heterocycles. The zero-order valence-electron chi connectivity index (χ0n) is 29.8. The lowest BCUT2D eigenvalue weighted by atomic mass is 9.71. The molecule has 3 aromatic rings. The van der Waals surface area contributed by atoms with Gasteiger partial charge in [-0.15, -0.1) is 18.3 Å². The number of hydrogen-bond donors (Lipinski definition) is 1. The number of aliphatic hydroxyl groups is 1. The topological polar surface area (TPSA) is 53.6 Å². The van der Waals surface area contributed by atoms with Crippen molar-refractivity contribution >= 4 is 34.8 Å². The number of hydrogen-bond acceptors (Lipinski definition) is 5. The maximum absolute atomic E-state index is 14.4. The van der Waals surface area contributed by atoms with Gasteiger partial charge in [-0.3, -0.25) is 4.99 Å². The molecular formula is C42H49ClF2N4OS. The predicted molar refractivity (Wildman–Crippen MR) is 206 cm³/mol. The van der Waals surface area contributed by atoms with Gasteiger partial charge >= 0.3 is 0 Å². The monoisotopic (exact) mass is 730 g/mol. The zero-order chi connectivity index (χ0) is 35.9. The number of allylic oxidation sites excluding steroid dienone is 3. The normalized spacial score (nSPS) is 27.5. The smallest absolute Gasteiger partial charge is 0.188 e. The molecule has 1 N–H and O–H groups in total. The van der Waals surface area contributed by atoms with Gasteiger partial charge in [0.1, 0.15) is 17.7 Å². The molecule has 2 aromatic carbocycles. The van der Waals surface area contributed by atoms with Crippen LogP contribution < -0.4 is 0 Å². The van der Waals surface area contributed by atoms with Gasteiger partial charge in [0.15, 0.2) is 6.30 Å². The average Bonchev–Trinajstić information content (AvgIpc) is 3.91. The lowest BCUT2D eigenvalue weighted by Gasteiger charge is -2.39. The highest BCUT2D eigenvalue weighted by Gasteiger charge is 2.43. The van der Waals surface area contributed by atoms with E-state index >= 15 is 0 Å². The average molecular weight is 731 g/mol. The van der Waals surface area contributed by atoms with E-state index in [9.17, 15) is 13.9 Å². The highest BCUT2D eigenvalue weighted by atomic mass is 35.5. The Labute approximate surface area is 310 Å². The van der Waals surface area contributed by atoms with Crippen molar-refractivity contribution in [3.63, 3.8) is 0 Å². The Hall–Kier alpha value is -3.20. The summed E-state index contributed by atoms with van der Waals surface area (Å²) in [5.74, 6) is 1.96. The number of halogens is 3. The maximum atomic E-state index is 14.4. The second-order valence-corrected chi connectivity index (χ2v) is 16.7. The molecule has 1 saturated heterocycles. The van der Waals surface area contributed by atoms with Gasteiger partial charge < -0.3 is 10.0 Å². The molecule has 0 radical (unpaired) electrons. The molecule has 5 nitrogen and oxygen atoms in total. The van der Waals surface area contributed by atoms with Gasteiger partial charge in [-0.05, 0) is 117 Å². The van der Waals surface area contributed by atoms with Gasteiger partial charge in [0.25, 0.3) is 0 Å². The van der Waals surface area contributed by atoms with Gasteiger partial charge in [0.2, 0.25) is 0 Å². The Morgan fingerprint density at radius 1 is 1.12 bits per heavy atom. The third kappa shape index (κ3) is 7.38. The van der Waals surface area contributed by atoms with Gasteiger partial charge in [0.05, 0.1) is 16.5 Å². The molecule has 9 heteroatoms. The maximum Gasteiger partial charge on any atom is 0.188 e. The summed E-state index contributed by atoms with van der Waals surface area (Å²) in [6, 6.07) is 15.0. The van der Waals surface area contributed by atoms with E-state index in [1.165, 1.54) is 34.9 Å². The van der Waals surface area contributed by atoms with E-state index in [0.29, 0.717) is 28.1 Å². The number of benzene rings is 2. The Balaban J connectivity index is 1.14. The molecule has 3 aliphatic heterocycles. The summed E-state index contributed by atoms with van der Waals surface area (Å²) in [5.41, 5.74) is 5.59. The first kappa shape index (κ1) is 36.2. The van der Waals surface area contributed by atoms with E-state index in [1.54, 1.807) is 24.0 Å². The number of alkyl halides is 1. The molecule has 2 fully saturated rings. The van der Waals surface area contributed by atoms with Crippen molar-refractivity contribution in [1.29, 1.82) is 0 Å². The number of aryl methyl sites for hydroxylation is 1. The quantitative estimate of drug-likeness (QED) is 0.200. The van der Waals surface area contributed by atoms with Crippen molar-refractivity contribution in [2.75, 3.05) is 6.54 Å². The Kier molecular flexibility index (Phi) is 10.7. The number of amidine groups is 1. The molecule has 5 atom stereocenters. The summed E-state index contributed by atoms with van der Waals surface area (Å²) in [6.07, 6.45) is 12.1. The van der Waals surface area contributed by atoms with Crippen LogP contribution in [0.5, 0.6) is 0 Å². The minimum atomic E-state index is -1.28. The van der Waals surface area contributed by atoms with E-state index in [-0.39, 0.29) is 17.1 Å². The summed E-state index contributed by atoms with van der Waals surface area (Å²) in [7, 11) is 0. The van der Waals surface area contributed by atoms with Crippen molar-refractivity contribution in [3.8, 4) is 0 Å². The fourth-order valence-electron chi connectivity index (χ4n) is 8.55. The zero-order valence-corrected chi connectivity index (χ0v) is 31.4. The van der Waals surface area contributed by atoms with Crippen LogP contribution in [0.3, 0.4) is 0 Å². The van der Waals surface area contributed by atoms with E-state index in [0.717, 1.165) is 75.0 Å². The Bertz CT molecular complexity index is 1820. The molecule has 4 aliphatic rings. The number of nitrogens with zero attached hydrogens (tertiary/aromatic N) is 4. The molecule has 0 bridgehead atoms. The summed E-state index contributed by atoms with van der Waals surface area (Å²) >= 11 is 8.50. The van der Waals surface area contributed by atoms with Crippen LogP contribution in [0.15, 0.2) is 89.6 Å². The highest BCUT2D eigenvalue weighted by Crippen LogP contribution is 2.50. The second-order valence-electron chi connectivity index (χ2n) is 15.2. The van der Waals surface area contributed by atoms with Gasteiger partial charge in [-0.2, -0.15) is 5.10 Å². The van der Waals surface area contributed by atoms with Crippen LogP contribution in [0.1, 0.15) is 106 Å². The van der Waals surface area contributed by atoms with Crippen molar-refractivity contribution in [1.82, 2.24) is 14.7 Å². The minimum absolute atomic E-state index is 0.162. The summed E-state index contributed by atoms with van der Waals surface area (Å²) in [6.45, 7) is 10.8. The SMILES string of the molecule is C=CC(CCc1ccc([C@H]2CC[C@](O)(C(C)C)CC2)cc1)[C@H]1CC2=C(c3ccn(C(C)F)n3)[C@H](c3ccc(F)cc3Cl)N=C(C3CC=CS3)N2C1. The van der Waals surface area contributed by atoms with Crippen LogP contribution >= 0.6 is 23.4 Å². The largest absolute Gasteiger partial charge is 0.390 e. The molecule has 1 aliphatic carbocycles. The third-order valence-corrected chi connectivity index (χ3v) is 13.3. The first-order chi connectivity index (χ1) is 24.5. The highest BCUT2D eigenvalue weighted by molar-refractivity contribution is 8.03. The number of rotatable bonds is 11. The van der Waals surface area contributed by atoms with Crippen LogP contribution in [0.25, 0.3) is 5.57 Å². The van der Waals surface area contributed by atoms with E-state index in [2.05, 4.69) is 72.3 Å². The number of aromatic nitrogens is 2. The van der Waals surface area contributed by atoms with E-state index < -0.39 is 23.8 Å². The molecule has 270 valence electrons. The first-order valence-electron chi connectivity index (χ1n) is 18.5. The van der Waals surface area contributed by atoms with Crippen LogP contribution in [-0.4, -0.2) is 43.0 Å². The van der Waals surface area contributed by atoms with Gasteiger partial charge in [0, 0.05) is 34.6 Å². The molecule has 1 saturated carbocycles. The molecule has 3 unspecified atom stereocenters. The Morgan fingerprint density at radius 2 is 1.88 bits per heavy atom. The van der Waals surface area contributed by atoms with Crippen LogP contribution in [0, 0.1) is 23.6 Å². The number of thioether (sulfide) groups is 1. The van der Waals surface area contributed by atoms with Crippen molar-refractivity contribution in [2.24, 2.45) is 22.7 Å². The van der Waals surface area contributed by atoms with E-state index in [1.807, 2.05) is 6.07 Å². The van der Waals surface area contributed by atoms with Crippen LogP contribution in [0.2, 0.25) is 5.02 Å². The predicted octanol–water partition coefficient (Wildman–Crippen LogP) is 10.8. The van der Waals surface area contributed by atoms with Crippen molar-refractivity contribution < 1.29 is 13.9 Å². The van der Waals surface area contributed by atoms with Crippen LogP contribution in [-0.2, 0) is 6.42 Å². The Morgan fingerprint density at radius 3 is 2.51 bits per heavy atom. The lowest BCUT2D eigenvalue weighted by Crippen LogP contribution is -2.38. The number of aliphatic imine (C=N–C) groups is 1. The summed E-state index contributed by atoms with van der Waals surface area (Å²) in [4.78, 5) is 7.77. The van der Waals surface area contributed by atoms with Crippen molar-refractivity contribution in [3.05, 3.63) is 118 Å². The summed E-state index contributed by atoms with van der Waals surface area (Å²) in [5, 5.41) is 18.2. The standard InChI is InChI=1S/C42H49ClF2N4OS/c1-5-29(11-8-28-9-12-30(13-10-28)31-16-19-42(50,20-17-31)26(2)3)32-23-37-39(36-18-21-49(47-36)27(4)44)40(34-15-14-33(45)24-35(34)43)46-41(48(37)25-32)38-7-6-22-51-38/h5-6,9-10,12-15,18,21-22,24,26-27,29,31-32,38,40,50H,1,7-8,11,16-17,19-20,23,25H2,2-4H3/t27?,29?,31-,32-,38?,40-,42+/m0/s1. The lowest BCUT2D eigenvalue weighted by molar-refractivity contribution is -0.0409. The second kappa shape index (κ2) is 15.0. The van der Waals surface area contributed by atoms with Gasteiger partial charge in [-0.1, -0.05) is 67.9 Å². The van der Waals surface area contributed by atoms with Crippen molar-refractivity contribution in [2.45, 2.75) is 101 Å². The molecule has 0 amide bonds. The minimum Gasteiger partial charge on any atom is -0.390 e. The van der Waals surface area contributed by atoms with E-state index in [4.69, 9.17) is 16.6 Å². The number of fused-ring (bicyclic) bond motifs is 1.